The molecule has 0 saturated heterocycles. The summed E-state index contributed by atoms with van der Waals surface area (Å²) in [5.41, 5.74) is 8.69. The van der Waals surface area contributed by atoms with Gasteiger partial charge in [0.15, 0.2) is 0 Å². The summed E-state index contributed by atoms with van der Waals surface area (Å²) in [5.74, 6) is 0.163. The summed E-state index contributed by atoms with van der Waals surface area (Å²) in [6.45, 7) is 5.52. The molecule has 2 atom stereocenters. The van der Waals surface area contributed by atoms with Crippen LogP contribution in [0.2, 0.25) is 0 Å². The fourth-order valence-corrected chi connectivity index (χ4v) is 6.81. The minimum atomic E-state index is -2.39. The summed E-state index contributed by atoms with van der Waals surface area (Å²) in [4.78, 5) is 17.8. The summed E-state index contributed by atoms with van der Waals surface area (Å²) in [6.07, 6.45) is 3.65. The topological polar surface area (TPSA) is 109 Å². The minimum absolute atomic E-state index is 0.247. The summed E-state index contributed by atoms with van der Waals surface area (Å²) in [5, 5.41) is 0. The maximum Gasteiger partial charge on any atom is 0.128 e. The highest BCUT2D eigenvalue weighted by Gasteiger charge is 2.51. The first-order valence-electron chi connectivity index (χ1n) is 10.1. The number of hydrogen-bond acceptors (Lipinski definition) is 7. The van der Waals surface area contributed by atoms with E-state index in [2.05, 4.69) is 40.6 Å². The van der Waals surface area contributed by atoms with Crippen LogP contribution in [0.25, 0.3) is 11.0 Å². The van der Waals surface area contributed by atoms with Crippen molar-refractivity contribution in [3.8, 4) is 0 Å². The molecule has 0 bridgehead atoms. The van der Waals surface area contributed by atoms with E-state index < -0.39 is 20.8 Å². The lowest BCUT2D eigenvalue weighted by molar-refractivity contribution is 0.472. The quantitative estimate of drug-likeness (QED) is 0.473. The molecule has 0 spiro atoms. The number of halogens is 2. The van der Waals surface area contributed by atoms with E-state index in [1.54, 1.807) is 25.4 Å². The van der Waals surface area contributed by atoms with Crippen LogP contribution < -0.4 is 10.5 Å². The second-order valence-corrected chi connectivity index (χ2v) is 12.7. The molecule has 4 N–H and O–H groups in total. The number of rotatable bonds is 4. The molecule has 0 radical (unpaired) electrons. The second-order valence-electron chi connectivity index (χ2n) is 8.66. The molecule has 0 amide bonds. The number of aromatic nitrogens is 3. The Morgan fingerprint density at radius 1 is 1.22 bits per heavy atom. The summed E-state index contributed by atoms with van der Waals surface area (Å²) < 4.78 is 29.6. The fourth-order valence-electron chi connectivity index (χ4n) is 4.05. The SMILES string of the molecule is CNS1(O)C[C@@](C)(c2cc(Cc3ncnc4cc(Br)cnc34)ccc2F)N=C(N)C1(C)C. The number of pyridine rings is 1. The first-order valence-corrected chi connectivity index (χ1v) is 12.7. The van der Waals surface area contributed by atoms with Gasteiger partial charge >= 0.3 is 0 Å². The standard InChI is InChI=1S/C22H26BrFN6OS/c1-21(2)20(25)30-22(3,11-32(21,31)26-4)15-7-13(5-6-16(15)24)8-17-19-18(29-12-28-17)9-14(23)10-27-19/h5-7,9-10,12,26,31H,8,11H2,1-4H3,(H2,25,30)/t22-/m0/s1. The van der Waals surface area contributed by atoms with Gasteiger partial charge in [-0.1, -0.05) is 22.6 Å². The molecule has 170 valence electrons. The van der Waals surface area contributed by atoms with Crippen LogP contribution in [-0.2, 0) is 12.0 Å². The van der Waals surface area contributed by atoms with Crippen LogP contribution in [0.5, 0.6) is 0 Å². The molecule has 10 heteroatoms. The Hall–Kier alpha value is -2.14. The van der Waals surface area contributed by atoms with E-state index in [4.69, 9.17) is 5.73 Å². The molecular formula is C22H26BrFN6OS. The Labute approximate surface area is 196 Å². The second kappa shape index (κ2) is 8.02. The van der Waals surface area contributed by atoms with E-state index in [0.29, 0.717) is 23.3 Å². The molecule has 2 aromatic heterocycles. The molecular weight excluding hydrogens is 495 g/mol. The first kappa shape index (κ1) is 23.0. The van der Waals surface area contributed by atoms with Gasteiger partial charge in [0.25, 0.3) is 0 Å². The summed E-state index contributed by atoms with van der Waals surface area (Å²) in [7, 11) is -0.687. The predicted molar refractivity (Wildman–Crippen MR) is 131 cm³/mol. The monoisotopic (exact) mass is 520 g/mol. The normalized spacial score (nSPS) is 27.0. The van der Waals surface area contributed by atoms with E-state index in [1.165, 1.54) is 12.4 Å². The van der Waals surface area contributed by atoms with E-state index in [1.807, 2.05) is 26.8 Å². The third-order valence-electron chi connectivity index (χ3n) is 6.16. The molecule has 4 rings (SSSR count). The zero-order chi connectivity index (χ0) is 23.3. The van der Waals surface area contributed by atoms with Gasteiger partial charge in [-0.15, -0.1) is 0 Å². The number of nitrogens with two attached hydrogens (primary N) is 1. The van der Waals surface area contributed by atoms with Crippen LogP contribution in [0.1, 0.15) is 37.6 Å². The van der Waals surface area contributed by atoms with Crippen LogP contribution in [0.4, 0.5) is 4.39 Å². The van der Waals surface area contributed by atoms with Gasteiger partial charge in [-0.25, -0.2) is 14.4 Å². The van der Waals surface area contributed by atoms with Gasteiger partial charge in [0, 0.05) is 28.4 Å². The van der Waals surface area contributed by atoms with Crippen LogP contribution in [0.15, 0.2) is 46.3 Å². The number of aliphatic imine (C=N–C) groups is 1. The van der Waals surface area contributed by atoms with Crippen molar-refractivity contribution >= 4 is 43.3 Å². The molecule has 7 nitrogen and oxygen atoms in total. The van der Waals surface area contributed by atoms with Crippen LogP contribution in [-0.4, -0.2) is 42.9 Å². The smallest absolute Gasteiger partial charge is 0.128 e. The molecule has 0 fully saturated rings. The van der Waals surface area contributed by atoms with Crippen LogP contribution in [0, 0.1) is 5.82 Å². The number of nitrogens with one attached hydrogen (secondary N) is 1. The van der Waals surface area contributed by atoms with Gasteiger partial charge in [-0.2, -0.15) is 0 Å². The van der Waals surface area contributed by atoms with Crippen molar-refractivity contribution in [1.82, 2.24) is 19.7 Å². The predicted octanol–water partition coefficient (Wildman–Crippen LogP) is 4.29. The molecule has 0 aliphatic carbocycles. The molecule has 1 aromatic carbocycles. The number of fused-ring (bicyclic) bond motifs is 1. The largest absolute Gasteiger partial charge is 0.386 e. The summed E-state index contributed by atoms with van der Waals surface area (Å²) >= 11 is 3.41. The Morgan fingerprint density at radius 3 is 2.69 bits per heavy atom. The van der Waals surface area contributed by atoms with Crippen molar-refractivity contribution in [3.05, 3.63) is 63.9 Å². The number of benzene rings is 1. The molecule has 3 aromatic rings. The molecule has 1 unspecified atom stereocenters. The average Bonchev–Trinajstić information content (AvgIpc) is 2.73. The van der Waals surface area contributed by atoms with Gasteiger partial charge in [-0.3, -0.25) is 14.7 Å². The van der Waals surface area contributed by atoms with Crippen LogP contribution in [0.3, 0.4) is 0 Å². The third-order valence-corrected chi connectivity index (χ3v) is 10.1. The van der Waals surface area contributed by atoms with Crippen molar-refractivity contribution in [3.63, 3.8) is 0 Å². The van der Waals surface area contributed by atoms with Gasteiger partial charge in [0.2, 0.25) is 0 Å². The Morgan fingerprint density at radius 2 is 1.97 bits per heavy atom. The van der Waals surface area contributed by atoms with E-state index in [9.17, 15) is 4.55 Å². The Kier molecular flexibility index (Phi) is 5.77. The molecule has 0 saturated carbocycles. The van der Waals surface area contributed by atoms with Gasteiger partial charge in [-0.05, 0) is 61.4 Å². The Bertz CT molecular complexity index is 1240. The fraction of sp³-hybridized carbons (Fsp3) is 0.364. The van der Waals surface area contributed by atoms with Crippen molar-refractivity contribution in [2.24, 2.45) is 10.7 Å². The Balaban J connectivity index is 1.77. The number of amidine groups is 1. The van der Waals surface area contributed by atoms with E-state index in [0.717, 1.165) is 21.2 Å². The van der Waals surface area contributed by atoms with Crippen molar-refractivity contribution in [1.29, 1.82) is 0 Å². The van der Waals surface area contributed by atoms with E-state index in [-0.39, 0.29) is 11.6 Å². The van der Waals surface area contributed by atoms with Gasteiger partial charge in [0.1, 0.15) is 23.5 Å². The van der Waals surface area contributed by atoms with Crippen molar-refractivity contribution in [2.75, 3.05) is 12.8 Å². The highest BCUT2D eigenvalue weighted by Crippen LogP contribution is 2.59. The highest BCUT2D eigenvalue weighted by molar-refractivity contribution is 9.10. The maximum absolute atomic E-state index is 15.1. The lowest BCUT2D eigenvalue weighted by Crippen LogP contribution is -2.55. The molecule has 1 aliphatic heterocycles. The highest BCUT2D eigenvalue weighted by atomic mass is 79.9. The van der Waals surface area contributed by atoms with Gasteiger partial charge in [0.05, 0.1) is 21.5 Å². The van der Waals surface area contributed by atoms with E-state index >= 15 is 4.39 Å². The molecule has 32 heavy (non-hydrogen) atoms. The molecule has 3 heterocycles. The molecule has 1 aliphatic rings. The lowest BCUT2D eigenvalue weighted by Gasteiger charge is -2.53. The first-order chi connectivity index (χ1) is 15.0. The van der Waals surface area contributed by atoms with Gasteiger partial charge < -0.3 is 10.3 Å². The maximum atomic E-state index is 15.1. The van der Waals surface area contributed by atoms with Crippen LogP contribution >= 0.6 is 26.4 Å². The average molecular weight is 521 g/mol. The van der Waals surface area contributed by atoms with Crippen molar-refractivity contribution < 1.29 is 8.94 Å². The number of hydrogen-bond donors (Lipinski definition) is 3. The lowest BCUT2D eigenvalue weighted by atomic mass is 9.91. The summed E-state index contributed by atoms with van der Waals surface area (Å²) in [6, 6.07) is 6.83. The van der Waals surface area contributed by atoms with Crippen molar-refractivity contribution in [2.45, 2.75) is 37.5 Å². The third kappa shape index (κ3) is 3.79. The zero-order valence-electron chi connectivity index (χ0n) is 18.4. The zero-order valence-corrected chi connectivity index (χ0v) is 20.8. The minimum Gasteiger partial charge on any atom is -0.386 e. The number of nitrogens with zero attached hydrogens (tertiary/aromatic N) is 4.